The Labute approximate surface area is 125 Å². The average Bonchev–Trinajstić information content (AvgIpc) is 2.86. The lowest BCUT2D eigenvalue weighted by atomic mass is 9.96. The van der Waals surface area contributed by atoms with E-state index in [0.29, 0.717) is 17.8 Å². The molecule has 108 valence electrons. The summed E-state index contributed by atoms with van der Waals surface area (Å²) in [5, 5.41) is 0. The van der Waals surface area contributed by atoms with Crippen LogP contribution in [0.3, 0.4) is 0 Å². The summed E-state index contributed by atoms with van der Waals surface area (Å²) in [6, 6.07) is 2.55. The monoisotopic (exact) mass is 342 g/mol. The standard InChI is InChI=1S/C16H17BrF2O/c1-20-9-5-10(18)14(11(19)6-9)16(17)15-12-7-2-3-8(4-7)13(12)15/h5-8,12-13,15-16H,2-4H2,1H3. The van der Waals surface area contributed by atoms with E-state index in [2.05, 4.69) is 15.9 Å². The van der Waals surface area contributed by atoms with E-state index in [9.17, 15) is 8.78 Å². The lowest BCUT2D eigenvalue weighted by Gasteiger charge is -2.17. The van der Waals surface area contributed by atoms with Gasteiger partial charge < -0.3 is 4.74 Å². The minimum atomic E-state index is -0.499. The molecule has 0 spiro atoms. The Hall–Kier alpha value is -0.640. The fraction of sp³-hybridized carbons (Fsp3) is 0.625. The van der Waals surface area contributed by atoms with Gasteiger partial charge in [0.2, 0.25) is 0 Å². The highest BCUT2D eigenvalue weighted by Gasteiger charge is 2.66. The molecule has 5 atom stereocenters. The third-order valence-electron chi connectivity index (χ3n) is 5.70. The molecule has 3 aliphatic carbocycles. The molecule has 0 aliphatic heterocycles. The number of ether oxygens (including phenoxy) is 1. The number of hydrogen-bond acceptors (Lipinski definition) is 1. The largest absolute Gasteiger partial charge is 0.497 e. The summed E-state index contributed by atoms with van der Waals surface area (Å²) in [5.74, 6) is 2.65. The normalized spacial score (nSPS) is 38.7. The van der Waals surface area contributed by atoms with Crippen LogP contribution in [0.15, 0.2) is 12.1 Å². The fourth-order valence-electron chi connectivity index (χ4n) is 4.92. The van der Waals surface area contributed by atoms with Crippen LogP contribution in [0.25, 0.3) is 0 Å². The molecule has 0 aromatic heterocycles. The topological polar surface area (TPSA) is 9.23 Å². The van der Waals surface area contributed by atoms with Crippen molar-refractivity contribution in [2.45, 2.75) is 24.1 Å². The first-order chi connectivity index (χ1) is 9.61. The van der Waals surface area contributed by atoms with Gasteiger partial charge in [0.1, 0.15) is 17.4 Å². The summed E-state index contributed by atoms with van der Waals surface area (Å²) < 4.78 is 33.3. The van der Waals surface area contributed by atoms with E-state index in [4.69, 9.17) is 4.74 Å². The van der Waals surface area contributed by atoms with Crippen LogP contribution in [0.1, 0.15) is 29.7 Å². The molecule has 0 heterocycles. The summed E-state index contributed by atoms with van der Waals surface area (Å²) in [7, 11) is 1.42. The molecule has 3 saturated carbocycles. The van der Waals surface area contributed by atoms with Crippen LogP contribution < -0.4 is 4.74 Å². The van der Waals surface area contributed by atoms with Crippen LogP contribution >= 0.6 is 15.9 Å². The molecule has 0 N–H and O–H groups in total. The molecular formula is C16H17BrF2O. The van der Waals surface area contributed by atoms with Crippen LogP contribution in [-0.4, -0.2) is 7.11 Å². The maximum atomic E-state index is 14.2. The van der Waals surface area contributed by atoms with Crippen molar-refractivity contribution < 1.29 is 13.5 Å². The van der Waals surface area contributed by atoms with E-state index in [1.807, 2.05) is 0 Å². The molecule has 1 nitrogen and oxygen atoms in total. The number of methoxy groups -OCH3 is 1. The highest BCUT2D eigenvalue weighted by molar-refractivity contribution is 9.09. The predicted octanol–water partition coefficient (Wildman–Crippen LogP) is 4.70. The second kappa shape index (κ2) is 4.43. The molecule has 20 heavy (non-hydrogen) atoms. The van der Waals surface area contributed by atoms with Gasteiger partial charge in [-0.25, -0.2) is 8.78 Å². The van der Waals surface area contributed by atoms with Crippen molar-refractivity contribution in [1.29, 1.82) is 0 Å². The Morgan fingerprint density at radius 3 is 2.20 bits per heavy atom. The summed E-state index contributed by atoms with van der Waals surface area (Å²) in [5.41, 5.74) is 0.185. The van der Waals surface area contributed by atoms with E-state index in [0.717, 1.165) is 11.8 Å². The molecular weight excluding hydrogens is 326 g/mol. The summed E-state index contributed by atoms with van der Waals surface area (Å²) in [6.45, 7) is 0. The highest BCUT2D eigenvalue weighted by atomic mass is 79.9. The van der Waals surface area contributed by atoms with Crippen LogP contribution in [0.2, 0.25) is 0 Å². The summed E-state index contributed by atoms with van der Waals surface area (Å²) in [4.78, 5) is -0.202. The number of alkyl halides is 1. The van der Waals surface area contributed by atoms with Crippen molar-refractivity contribution in [2.24, 2.45) is 29.6 Å². The average molecular weight is 343 g/mol. The molecule has 0 amide bonds. The van der Waals surface area contributed by atoms with Gasteiger partial charge in [-0.3, -0.25) is 0 Å². The van der Waals surface area contributed by atoms with E-state index in [1.54, 1.807) is 0 Å². The quantitative estimate of drug-likeness (QED) is 0.723. The Morgan fingerprint density at radius 2 is 1.70 bits per heavy atom. The lowest BCUT2D eigenvalue weighted by Crippen LogP contribution is -2.08. The van der Waals surface area contributed by atoms with E-state index < -0.39 is 11.6 Å². The number of fused-ring (bicyclic) bond motifs is 5. The highest BCUT2D eigenvalue weighted by Crippen LogP contribution is 2.73. The van der Waals surface area contributed by atoms with Gasteiger partial charge in [-0.15, -0.1) is 0 Å². The number of hydrogen-bond donors (Lipinski definition) is 0. The van der Waals surface area contributed by atoms with Crippen molar-refractivity contribution in [3.05, 3.63) is 29.3 Å². The van der Waals surface area contributed by atoms with Gasteiger partial charge >= 0.3 is 0 Å². The molecule has 5 unspecified atom stereocenters. The SMILES string of the molecule is COc1cc(F)c(C(Br)C2C3C4CCC(C4)C32)c(F)c1. The van der Waals surface area contributed by atoms with Gasteiger partial charge in [0, 0.05) is 22.5 Å². The maximum absolute atomic E-state index is 14.2. The van der Waals surface area contributed by atoms with Crippen LogP contribution in [-0.2, 0) is 0 Å². The van der Waals surface area contributed by atoms with Crippen LogP contribution in [0.5, 0.6) is 5.75 Å². The third kappa shape index (κ3) is 1.69. The Bertz CT molecular complexity index is 522. The maximum Gasteiger partial charge on any atom is 0.134 e. The zero-order valence-electron chi connectivity index (χ0n) is 11.3. The Balaban J connectivity index is 1.63. The first kappa shape index (κ1) is 13.1. The molecule has 0 radical (unpaired) electrons. The molecule has 4 rings (SSSR count). The Kier molecular flexibility index (Phi) is 2.89. The first-order valence-electron chi connectivity index (χ1n) is 7.28. The predicted molar refractivity (Wildman–Crippen MR) is 75.9 cm³/mol. The van der Waals surface area contributed by atoms with Crippen molar-refractivity contribution >= 4 is 15.9 Å². The van der Waals surface area contributed by atoms with Gasteiger partial charge in [-0.2, -0.15) is 0 Å². The molecule has 3 fully saturated rings. The van der Waals surface area contributed by atoms with Gasteiger partial charge in [0.25, 0.3) is 0 Å². The van der Waals surface area contributed by atoms with Crippen molar-refractivity contribution in [1.82, 2.24) is 0 Å². The Morgan fingerprint density at radius 1 is 1.15 bits per heavy atom. The first-order valence-corrected chi connectivity index (χ1v) is 8.20. The van der Waals surface area contributed by atoms with Crippen LogP contribution in [0.4, 0.5) is 8.78 Å². The second-order valence-corrected chi connectivity index (χ2v) is 7.46. The van der Waals surface area contributed by atoms with Crippen molar-refractivity contribution in [2.75, 3.05) is 7.11 Å². The molecule has 4 heteroatoms. The lowest BCUT2D eigenvalue weighted by molar-refractivity contribution is 0.402. The van der Waals surface area contributed by atoms with Gasteiger partial charge in [0.05, 0.1) is 7.11 Å². The zero-order chi connectivity index (χ0) is 14.0. The van der Waals surface area contributed by atoms with Gasteiger partial charge in [-0.05, 0) is 48.9 Å². The fourth-order valence-corrected chi connectivity index (χ4v) is 6.06. The smallest absolute Gasteiger partial charge is 0.134 e. The molecule has 0 saturated heterocycles. The number of benzene rings is 1. The molecule has 1 aromatic carbocycles. The summed E-state index contributed by atoms with van der Waals surface area (Å²) >= 11 is 3.58. The van der Waals surface area contributed by atoms with E-state index in [1.165, 1.54) is 38.5 Å². The molecule has 3 aliphatic rings. The number of halogens is 3. The molecule has 1 aromatic rings. The minimum absolute atomic E-state index is 0.185. The minimum Gasteiger partial charge on any atom is -0.497 e. The van der Waals surface area contributed by atoms with E-state index >= 15 is 0 Å². The van der Waals surface area contributed by atoms with Gasteiger partial charge in [0.15, 0.2) is 0 Å². The van der Waals surface area contributed by atoms with E-state index in [-0.39, 0.29) is 16.1 Å². The van der Waals surface area contributed by atoms with Crippen LogP contribution in [0, 0.1) is 41.2 Å². The third-order valence-corrected chi connectivity index (χ3v) is 6.77. The second-order valence-electron chi connectivity index (χ2n) is 6.47. The summed E-state index contributed by atoms with van der Waals surface area (Å²) in [6.07, 6.45) is 3.98. The number of rotatable bonds is 3. The van der Waals surface area contributed by atoms with Crippen molar-refractivity contribution in [3.63, 3.8) is 0 Å². The zero-order valence-corrected chi connectivity index (χ0v) is 12.9. The molecule has 2 bridgehead atoms. The van der Waals surface area contributed by atoms with Gasteiger partial charge in [-0.1, -0.05) is 15.9 Å². The van der Waals surface area contributed by atoms with Crippen molar-refractivity contribution in [3.8, 4) is 5.75 Å².